The average Bonchev–Trinajstić information content (AvgIpc) is 2.11. The Bertz CT molecular complexity index is 359. The summed E-state index contributed by atoms with van der Waals surface area (Å²) in [5, 5.41) is 0. The summed E-state index contributed by atoms with van der Waals surface area (Å²) < 4.78 is 13.9. The third-order valence-electron chi connectivity index (χ3n) is 2.50. The maximum Gasteiger partial charge on any atom is 0.148 e. The van der Waals surface area contributed by atoms with Gasteiger partial charge >= 0.3 is 0 Å². The molecule has 3 heteroatoms. The molecular formula is C13H18FNO. The van der Waals surface area contributed by atoms with Gasteiger partial charge in [-0.1, -0.05) is 32.1 Å². The third kappa shape index (κ3) is 3.12. The van der Waals surface area contributed by atoms with Gasteiger partial charge in [0.25, 0.3) is 0 Å². The van der Waals surface area contributed by atoms with Crippen molar-refractivity contribution in [2.45, 2.75) is 39.4 Å². The minimum absolute atomic E-state index is 0.205. The van der Waals surface area contributed by atoms with Crippen molar-refractivity contribution in [2.24, 2.45) is 10.4 Å². The largest absolute Gasteiger partial charge is 0.301 e. The van der Waals surface area contributed by atoms with Crippen molar-refractivity contribution in [3.63, 3.8) is 0 Å². The Kier molecular flexibility index (Phi) is 3.46. The zero-order valence-corrected chi connectivity index (χ0v) is 10.2. The van der Waals surface area contributed by atoms with Gasteiger partial charge in [0.1, 0.15) is 18.0 Å². The van der Waals surface area contributed by atoms with Gasteiger partial charge in [0.05, 0.1) is 0 Å². The predicted octanol–water partition coefficient (Wildman–Crippen LogP) is 2.90. The van der Waals surface area contributed by atoms with Crippen molar-refractivity contribution in [3.05, 3.63) is 23.8 Å². The van der Waals surface area contributed by atoms with Crippen LogP contribution in [-0.4, -0.2) is 24.2 Å². The van der Waals surface area contributed by atoms with Crippen LogP contribution in [0.2, 0.25) is 0 Å². The van der Waals surface area contributed by atoms with Gasteiger partial charge in [0.15, 0.2) is 0 Å². The standard InChI is InChI=1S/C13H18FNO/c1-12(2)7-5-6-10(13(3,4)14)11(8-16)15-9-12/h5-9,11H,1-4H3/b7-5-,10-6?,15-9?. The smallest absolute Gasteiger partial charge is 0.148 e. The summed E-state index contributed by atoms with van der Waals surface area (Å²) in [5.41, 5.74) is -1.34. The molecule has 0 aromatic heterocycles. The number of aldehydes is 1. The molecule has 1 heterocycles. The monoisotopic (exact) mass is 223 g/mol. The molecule has 0 aromatic carbocycles. The molecule has 0 bridgehead atoms. The minimum Gasteiger partial charge on any atom is -0.301 e. The van der Waals surface area contributed by atoms with Crippen LogP contribution in [-0.2, 0) is 4.79 Å². The molecule has 0 saturated heterocycles. The molecule has 0 spiro atoms. The number of hydrogen-bond donors (Lipinski definition) is 0. The lowest BCUT2D eigenvalue weighted by Gasteiger charge is -2.24. The van der Waals surface area contributed by atoms with E-state index in [0.29, 0.717) is 11.9 Å². The van der Waals surface area contributed by atoms with E-state index in [2.05, 4.69) is 4.99 Å². The highest BCUT2D eigenvalue weighted by atomic mass is 19.1. The predicted molar refractivity (Wildman–Crippen MR) is 64.5 cm³/mol. The Morgan fingerprint density at radius 1 is 1.50 bits per heavy atom. The van der Waals surface area contributed by atoms with Crippen LogP contribution in [0.4, 0.5) is 4.39 Å². The number of aliphatic imine (C=N–C) groups is 1. The molecule has 0 radical (unpaired) electrons. The molecular weight excluding hydrogens is 205 g/mol. The molecule has 0 amide bonds. The maximum absolute atomic E-state index is 13.9. The molecule has 0 saturated carbocycles. The van der Waals surface area contributed by atoms with Crippen molar-refractivity contribution < 1.29 is 9.18 Å². The van der Waals surface area contributed by atoms with Crippen LogP contribution in [0.5, 0.6) is 0 Å². The molecule has 1 aliphatic rings. The molecule has 1 rings (SSSR count). The summed E-state index contributed by atoms with van der Waals surface area (Å²) in [5.74, 6) is 0. The fourth-order valence-electron chi connectivity index (χ4n) is 1.55. The molecule has 16 heavy (non-hydrogen) atoms. The molecule has 88 valence electrons. The normalized spacial score (nSPS) is 26.6. The summed E-state index contributed by atoms with van der Waals surface area (Å²) >= 11 is 0. The molecule has 2 nitrogen and oxygen atoms in total. The van der Waals surface area contributed by atoms with E-state index < -0.39 is 11.7 Å². The number of rotatable bonds is 2. The van der Waals surface area contributed by atoms with Crippen molar-refractivity contribution in [3.8, 4) is 0 Å². The topological polar surface area (TPSA) is 29.4 Å². The van der Waals surface area contributed by atoms with Crippen molar-refractivity contribution in [1.82, 2.24) is 0 Å². The highest BCUT2D eigenvalue weighted by Crippen LogP contribution is 2.27. The van der Waals surface area contributed by atoms with E-state index in [9.17, 15) is 9.18 Å². The Hall–Kier alpha value is -1.25. The summed E-state index contributed by atoms with van der Waals surface area (Å²) in [6.07, 6.45) is 7.75. The van der Waals surface area contributed by atoms with Gasteiger partial charge < -0.3 is 4.79 Å². The zero-order chi connectivity index (χ0) is 12.4. The SMILES string of the molecule is CC1(C)C=NC(C=O)C(C(C)(C)F)=C/C=C\1. The minimum atomic E-state index is -1.53. The molecule has 0 N–H and O–H groups in total. The molecule has 1 atom stereocenters. The third-order valence-corrected chi connectivity index (χ3v) is 2.50. The van der Waals surface area contributed by atoms with E-state index in [1.54, 1.807) is 18.4 Å². The maximum atomic E-state index is 13.9. The molecule has 0 aliphatic carbocycles. The first-order valence-electron chi connectivity index (χ1n) is 5.35. The van der Waals surface area contributed by atoms with Crippen molar-refractivity contribution in [2.75, 3.05) is 0 Å². The molecule has 0 fully saturated rings. The van der Waals surface area contributed by atoms with Crippen LogP contribution in [0.3, 0.4) is 0 Å². The quantitative estimate of drug-likeness (QED) is 0.662. The van der Waals surface area contributed by atoms with Crippen LogP contribution in [0.1, 0.15) is 27.7 Å². The van der Waals surface area contributed by atoms with Gasteiger partial charge in [0, 0.05) is 11.6 Å². The second kappa shape index (κ2) is 4.32. The summed E-state index contributed by atoms with van der Waals surface area (Å²) in [6, 6.07) is -0.718. The average molecular weight is 223 g/mol. The number of hydrogen-bond acceptors (Lipinski definition) is 2. The van der Waals surface area contributed by atoms with E-state index in [0.717, 1.165) is 0 Å². The summed E-state index contributed by atoms with van der Waals surface area (Å²) in [7, 11) is 0. The lowest BCUT2D eigenvalue weighted by molar-refractivity contribution is -0.108. The molecule has 0 aromatic rings. The fourth-order valence-corrected chi connectivity index (χ4v) is 1.55. The lowest BCUT2D eigenvalue weighted by Crippen LogP contribution is -2.28. The van der Waals surface area contributed by atoms with Crippen LogP contribution in [0.25, 0.3) is 0 Å². The first kappa shape index (κ1) is 12.8. The first-order chi connectivity index (χ1) is 7.26. The van der Waals surface area contributed by atoms with Gasteiger partial charge in [-0.2, -0.15) is 0 Å². The lowest BCUT2D eigenvalue weighted by atomic mass is 9.89. The number of allylic oxidation sites excluding steroid dienone is 3. The van der Waals surface area contributed by atoms with Gasteiger partial charge in [-0.25, -0.2) is 4.39 Å². The molecule has 1 aliphatic heterocycles. The Morgan fingerprint density at radius 2 is 2.12 bits per heavy atom. The van der Waals surface area contributed by atoms with Crippen molar-refractivity contribution >= 4 is 12.5 Å². The van der Waals surface area contributed by atoms with Crippen LogP contribution in [0, 0.1) is 5.41 Å². The second-order valence-corrected chi connectivity index (χ2v) is 5.13. The van der Waals surface area contributed by atoms with E-state index in [4.69, 9.17) is 0 Å². The van der Waals surface area contributed by atoms with E-state index in [1.165, 1.54) is 13.8 Å². The zero-order valence-electron chi connectivity index (χ0n) is 10.2. The first-order valence-corrected chi connectivity index (χ1v) is 5.35. The molecule has 1 unspecified atom stereocenters. The van der Waals surface area contributed by atoms with Crippen LogP contribution in [0.15, 0.2) is 28.8 Å². The second-order valence-electron chi connectivity index (χ2n) is 5.13. The Labute approximate surface area is 96.0 Å². The van der Waals surface area contributed by atoms with Crippen LogP contribution >= 0.6 is 0 Å². The number of alkyl halides is 1. The highest BCUT2D eigenvalue weighted by Gasteiger charge is 2.29. The number of nitrogens with zero attached hydrogens (tertiary/aromatic N) is 1. The van der Waals surface area contributed by atoms with E-state index >= 15 is 0 Å². The Balaban J connectivity index is 3.18. The highest BCUT2D eigenvalue weighted by molar-refractivity contribution is 5.74. The number of carbonyl (C=O) groups is 1. The number of halogens is 1. The number of carbonyl (C=O) groups excluding carboxylic acids is 1. The fraction of sp³-hybridized carbons (Fsp3) is 0.538. The Morgan fingerprint density at radius 3 is 2.62 bits per heavy atom. The summed E-state index contributed by atoms with van der Waals surface area (Å²) in [6.45, 7) is 6.83. The van der Waals surface area contributed by atoms with E-state index in [-0.39, 0.29) is 5.41 Å². The van der Waals surface area contributed by atoms with E-state index in [1.807, 2.05) is 19.9 Å². The van der Waals surface area contributed by atoms with Gasteiger partial charge in [-0.3, -0.25) is 4.99 Å². The summed E-state index contributed by atoms with van der Waals surface area (Å²) in [4.78, 5) is 15.1. The van der Waals surface area contributed by atoms with Gasteiger partial charge in [0.2, 0.25) is 0 Å². The van der Waals surface area contributed by atoms with Crippen LogP contribution < -0.4 is 0 Å². The van der Waals surface area contributed by atoms with Crippen molar-refractivity contribution in [1.29, 1.82) is 0 Å². The van der Waals surface area contributed by atoms with Gasteiger partial charge in [-0.05, 0) is 19.4 Å². The van der Waals surface area contributed by atoms with Gasteiger partial charge in [-0.15, -0.1) is 0 Å².